The molecule has 1 saturated heterocycles. The van der Waals surface area contributed by atoms with Gasteiger partial charge in [-0.1, -0.05) is 6.07 Å². The van der Waals surface area contributed by atoms with Crippen LogP contribution in [0.15, 0.2) is 18.2 Å². The van der Waals surface area contributed by atoms with Crippen LogP contribution in [-0.4, -0.2) is 18.3 Å². The summed E-state index contributed by atoms with van der Waals surface area (Å²) in [6, 6.07) is 2.90. The SMILES string of the molecule is O=C1CC(CCl)CN1c1cccc(C(F)(F)F)c1F. The number of carbonyl (C=O) groups excluding carboxylic acids is 1. The highest BCUT2D eigenvalue weighted by Gasteiger charge is 2.38. The van der Waals surface area contributed by atoms with Gasteiger partial charge in [0.15, 0.2) is 5.82 Å². The normalized spacial score (nSPS) is 20.2. The molecule has 1 aromatic carbocycles. The van der Waals surface area contributed by atoms with E-state index in [1.54, 1.807) is 0 Å². The molecule has 104 valence electrons. The van der Waals surface area contributed by atoms with Gasteiger partial charge in [0.05, 0.1) is 11.3 Å². The van der Waals surface area contributed by atoms with Gasteiger partial charge in [0.2, 0.25) is 5.91 Å². The molecule has 1 fully saturated rings. The molecule has 0 aromatic heterocycles. The fraction of sp³-hybridized carbons (Fsp3) is 0.417. The first kappa shape index (κ1) is 14.1. The summed E-state index contributed by atoms with van der Waals surface area (Å²) in [5, 5.41) is 0. The van der Waals surface area contributed by atoms with Crippen molar-refractivity contribution in [3.05, 3.63) is 29.6 Å². The summed E-state index contributed by atoms with van der Waals surface area (Å²) in [7, 11) is 0. The highest BCUT2D eigenvalue weighted by atomic mass is 35.5. The average molecular weight is 296 g/mol. The monoisotopic (exact) mass is 295 g/mol. The Morgan fingerprint density at radius 1 is 1.37 bits per heavy atom. The summed E-state index contributed by atoms with van der Waals surface area (Å²) in [5.41, 5.74) is -1.71. The summed E-state index contributed by atoms with van der Waals surface area (Å²) >= 11 is 5.62. The van der Waals surface area contributed by atoms with E-state index in [0.29, 0.717) is 6.07 Å². The molecule has 0 aliphatic carbocycles. The quantitative estimate of drug-likeness (QED) is 0.604. The highest BCUT2D eigenvalue weighted by molar-refractivity contribution is 6.18. The van der Waals surface area contributed by atoms with Crippen molar-refractivity contribution in [2.75, 3.05) is 17.3 Å². The molecule has 7 heteroatoms. The maximum Gasteiger partial charge on any atom is 0.419 e. The Morgan fingerprint density at radius 2 is 2.05 bits per heavy atom. The van der Waals surface area contributed by atoms with Gasteiger partial charge in [-0.05, 0) is 18.1 Å². The van der Waals surface area contributed by atoms with E-state index in [4.69, 9.17) is 11.6 Å². The lowest BCUT2D eigenvalue weighted by molar-refractivity contribution is -0.140. The largest absolute Gasteiger partial charge is 0.419 e. The zero-order chi connectivity index (χ0) is 14.2. The summed E-state index contributed by atoms with van der Waals surface area (Å²) in [4.78, 5) is 12.7. The van der Waals surface area contributed by atoms with E-state index in [1.165, 1.54) is 6.07 Å². The van der Waals surface area contributed by atoms with Gasteiger partial charge in [-0.15, -0.1) is 11.6 Å². The summed E-state index contributed by atoms with van der Waals surface area (Å²) in [6.45, 7) is 0.139. The highest BCUT2D eigenvalue weighted by Crippen LogP contribution is 2.36. The van der Waals surface area contributed by atoms with Crippen LogP contribution in [0.5, 0.6) is 0 Å². The minimum Gasteiger partial charge on any atom is -0.309 e. The third-order valence-electron chi connectivity index (χ3n) is 3.00. The Hall–Kier alpha value is -1.30. The van der Waals surface area contributed by atoms with E-state index in [9.17, 15) is 22.4 Å². The van der Waals surface area contributed by atoms with E-state index in [1.807, 2.05) is 0 Å². The molecule has 1 aliphatic heterocycles. The predicted molar refractivity (Wildman–Crippen MR) is 62.6 cm³/mol. The molecule has 2 rings (SSSR count). The lowest BCUT2D eigenvalue weighted by Crippen LogP contribution is -2.26. The zero-order valence-corrected chi connectivity index (χ0v) is 10.4. The predicted octanol–water partition coefficient (Wildman–Crippen LogP) is 3.44. The fourth-order valence-electron chi connectivity index (χ4n) is 2.06. The van der Waals surface area contributed by atoms with E-state index >= 15 is 0 Å². The molecule has 1 aromatic rings. The van der Waals surface area contributed by atoms with Crippen LogP contribution >= 0.6 is 11.6 Å². The first-order valence-corrected chi connectivity index (χ1v) is 6.10. The van der Waals surface area contributed by atoms with Crippen LogP contribution in [0.3, 0.4) is 0 Å². The van der Waals surface area contributed by atoms with Gasteiger partial charge in [0.1, 0.15) is 0 Å². The molecule has 19 heavy (non-hydrogen) atoms. The van der Waals surface area contributed by atoms with Crippen LogP contribution in [0, 0.1) is 11.7 Å². The van der Waals surface area contributed by atoms with E-state index in [2.05, 4.69) is 0 Å². The van der Waals surface area contributed by atoms with Crippen LogP contribution in [0.25, 0.3) is 0 Å². The molecular weight excluding hydrogens is 286 g/mol. The van der Waals surface area contributed by atoms with Gasteiger partial charge < -0.3 is 4.90 Å². The molecule has 0 bridgehead atoms. The number of amides is 1. The standard InChI is InChI=1S/C12H10ClF4NO/c13-5-7-4-10(19)18(6-7)9-3-1-2-8(11(9)14)12(15,16)17/h1-3,7H,4-6H2. The molecular formula is C12H10ClF4NO. The molecule has 1 aliphatic rings. The summed E-state index contributed by atoms with van der Waals surface area (Å²) < 4.78 is 51.7. The Morgan fingerprint density at radius 3 is 2.58 bits per heavy atom. The van der Waals surface area contributed by atoms with Crippen molar-refractivity contribution in [1.82, 2.24) is 0 Å². The number of alkyl halides is 4. The Balaban J connectivity index is 2.39. The van der Waals surface area contributed by atoms with Crippen molar-refractivity contribution in [1.29, 1.82) is 0 Å². The fourth-order valence-corrected chi connectivity index (χ4v) is 2.27. The van der Waals surface area contributed by atoms with Gasteiger partial charge in [-0.2, -0.15) is 13.2 Å². The summed E-state index contributed by atoms with van der Waals surface area (Å²) in [6.07, 6.45) is -4.66. The van der Waals surface area contributed by atoms with Crippen LogP contribution in [0.1, 0.15) is 12.0 Å². The van der Waals surface area contributed by atoms with E-state index in [0.717, 1.165) is 11.0 Å². The first-order valence-electron chi connectivity index (χ1n) is 5.56. The van der Waals surface area contributed by atoms with Gasteiger partial charge in [0.25, 0.3) is 0 Å². The Bertz CT molecular complexity index is 503. The number of anilines is 1. The topological polar surface area (TPSA) is 20.3 Å². The van der Waals surface area contributed by atoms with Crippen molar-refractivity contribution < 1.29 is 22.4 Å². The van der Waals surface area contributed by atoms with Gasteiger partial charge >= 0.3 is 6.18 Å². The lowest BCUT2D eigenvalue weighted by atomic mass is 10.1. The number of carbonyl (C=O) groups is 1. The molecule has 2 nitrogen and oxygen atoms in total. The van der Waals surface area contributed by atoms with Gasteiger partial charge in [-0.25, -0.2) is 4.39 Å². The Kier molecular flexibility index (Phi) is 3.71. The van der Waals surface area contributed by atoms with Crippen LogP contribution < -0.4 is 4.90 Å². The molecule has 1 heterocycles. The number of benzene rings is 1. The minimum atomic E-state index is -4.78. The van der Waals surface area contributed by atoms with Gasteiger partial charge in [0, 0.05) is 18.8 Å². The van der Waals surface area contributed by atoms with Gasteiger partial charge in [-0.3, -0.25) is 4.79 Å². The molecule has 0 saturated carbocycles. The zero-order valence-electron chi connectivity index (χ0n) is 9.68. The number of rotatable bonds is 2. The molecule has 1 amide bonds. The average Bonchev–Trinajstić information content (AvgIpc) is 2.69. The molecule has 0 spiro atoms. The number of hydrogen-bond donors (Lipinski definition) is 0. The maximum atomic E-state index is 13.9. The third-order valence-corrected chi connectivity index (χ3v) is 3.43. The van der Waals surface area contributed by atoms with Crippen molar-refractivity contribution in [2.45, 2.75) is 12.6 Å². The second kappa shape index (κ2) is 5.00. The van der Waals surface area contributed by atoms with E-state index < -0.39 is 23.5 Å². The first-order chi connectivity index (χ1) is 8.84. The molecule has 0 radical (unpaired) electrons. The minimum absolute atomic E-state index is 0.124. The van der Waals surface area contributed by atoms with Crippen molar-refractivity contribution >= 4 is 23.2 Å². The van der Waals surface area contributed by atoms with Crippen molar-refractivity contribution in [3.63, 3.8) is 0 Å². The van der Waals surface area contributed by atoms with E-state index in [-0.39, 0.29) is 30.5 Å². The third kappa shape index (κ3) is 2.68. The van der Waals surface area contributed by atoms with Crippen LogP contribution in [-0.2, 0) is 11.0 Å². The smallest absolute Gasteiger partial charge is 0.309 e. The second-order valence-corrected chi connectivity index (χ2v) is 4.67. The molecule has 0 N–H and O–H groups in total. The van der Waals surface area contributed by atoms with Crippen LogP contribution in [0.2, 0.25) is 0 Å². The summed E-state index contributed by atoms with van der Waals surface area (Å²) in [5.74, 6) is -1.78. The van der Waals surface area contributed by atoms with Crippen LogP contribution in [0.4, 0.5) is 23.2 Å². The lowest BCUT2D eigenvalue weighted by Gasteiger charge is -2.19. The second-order valence-electron chi connectivity index (χ2n) is 4.37. The number of hydrogen-bond acceptors (Lipinski definition) is 1. The Labute approximate surface area is 112 Å². The van der Waals surface area contributed by atoms with Crippen molar-refractivity contribution in [3.8, 4) is 0 Å². The number of nitrogens with zero attached hydrogens (tertiary/aromatic N) is 1. The molecule has 1 atom stereocenters. The molecule has 1 unspecified atom stereocenters. The van der Waals surface area contributed by atoms with Crippen molar-refractivity contribution in [2.24, 2.45) is 5.92 Å². The maximum absolute atomic E-state index is 13.9. The number of halogens is 5.